The van der Waals surface area contributed by atoms with Crippen LogP contribution in [0.15, 0.2) is 47.4 Å². The van der Waals surface area contributed by atoms with E-state index in [-0.39, 0.29) is 17.1 Å². The first kappa shape index (κ1) is 25.8. The fraction of sp³-hybridized carbons (Fsp3) is 0.400. The molecule has 0 amide bonds. The molecule has 4 rings (SSSR count). The van der Waals surface area contributed by atoms with Gasteiger partial charge in [0.1, 0.15) is 11.9 Å². The number of halogens is 1. The summed E-state index contributed by atoms with van der Waals surface area (Å²) in [7, 11) is -3.96. The molecule has 9 nitrogen and oxygen atoms in total. The summed E-state index contributed by atoms with van der Waals surface area (Å²) < 4.78 is 44.6. The van der Waals surface area contributed by atoms with Crippen molar-refractivity contribution in [2.24, 2.45) is 0 Å². The van der Waals surface area contributed by atoms with Crippen molar-refractivity contribution in [2.45, 2.75) is 62.9 Å². The van der Waals surface area contributed by atoms with Crippen LogP contribution in [0.5, 0.6) is 0 Å². The number of aromatic nitrogens is 1. The van der Waals surface area contributed by atoms with Crippen molar-refractivity contribution in [1.82, 2.24) is 8.87 Å². The molecule has 0 fully saturated rings. The number of carboxylic acids is 1. The van der Waals surface area contributed by atoms with E-state index < -0.39 is 38.8 Å². The second kappa shape index (κ2) is 9.98. The minimum atomic E-state index is -3.96. The van der Waals surface area contributed by atoms with Crippen LogP contribution in [0.3, 0.4) is 0 Å². The molecule has 1 N–H and O–H groups in total. The predicted molar refractivity (Wildman–Crippen MR) is 132 cm³/mol. The smallest absolute Gasteiger partial charge is 0.326 e. The normalized spacial score (nSPS) is 16.7. The fourth-order valence-corrected chi connectivity index (χ4v) is 6.96. The first-order valence-electron chi connectivity index (χ1n) is 11.9. The fourth-order valence-electron chi connectivity index (χ4n) is 5.21. The van der Waals surface area contributed by atoms with E-state index in [4.69, 9.17) is 0 Å². The number of fused-ring (bicyclic) bond motifs is 3. The van der Waals surface area contributed by atoms with Crippen molar-refractivity contribution in [3.8, 4) is 0 Å². The highest BCUT2D eigenvalue weighted by Gasteiger charge is 2.37. The van der Waals surface area contributed by atoms with E-state index >= 15 is 0 Å². The Balaban J connectivity index is 1.78. The molecule has 0 spiro atoms. The zero-order valence-corrected chi connectivity index (χ0v) is 20.9. The zero-order chi connectivity index (χ0) is 26.2. The number of sulfonamides is 1. The van der Waals surface area contributed by atoms with Gasteiger partial charge in [-0.2, -0.15) is 4.31 Å². The number of aliphatic carboxylic acids is 1. The topological polar surface area (TPSA) is 123 Å². The Kier molecular flexibility index (Phi) is 7.14. The van der Waals surface area contributed by atoms with Crippen LogP contribution in [0.2, 0.25) is 0 Å². The van der Waals surface area contributed by atoms with Crippen molar-refractivity contribution in [3.05, 3.63) is 69.7 Å². The van der Waals surface area contributed by atoms with Gasteiger partial charge in [0.25, 0.3) is 5.69 Å². The summed E-state index contributed by atoms with van der Waals surface area (Å²) in [5.74, 6) is -1.42. The Morgan fingerprint density at radius 2 is 1.94 bits per heavy atom. The van der Waals surface area contributed by atoms with Crippen LogP contribution >= 0.6 is 0 Å². The van der Waals surface area contributed by atoms with E-state index in [0.717, 1.165) is 11.3 Å². The molecule has 0 saturated heterocycles. The highest BCUT2D eigenvalue weighted by atomic mass is 32.2. The lowest BCUT2D eigenvalue weighted by Crippen LogP contribution is -2.44. The number of benzene rings is 2. The summed E-state index contributed by atoms with van der Waals surface area (Å²) in [4.78, 5) is 22.4. The van der Waals surface area contributed by atoms with Crippen molar-refractivity contribution in [1.29, 1.82) is 0 Å². The van der Waals surface area contributed by atoms with Gasteiger partial charge in [-0.25, -0.2) is 17.6 Å². The number of carbonyl (C=O) groups is 1. The largest absolute Gasteiger partial charge is 0.480 e. The summed E-state index contributed by atoms with van der Waals surface area (Å²) in [6.07, 6.45) is 2.13. The molecule has 2 aromatic carbocycles. The maximum atomic E-state index is 14.3. The van der Waals surface area contributed by atoms with E-state index in [9.17, 15) is 32.8 Å². The molecule has 0 bridgehead atoms. The van der Waals surface area contributed by atoms with Gasteiger partial charge in [0, 0.05) is 41.3 Å². The molecule has 1 aliphatic carbocycles. The molecule has 192 valence electrons. The second-order valence-electron chi connectivity index (χ2n) is 8.98. The lowest BCUT2D eigenvalue weighted by Gasteiger charge is -2.34. The van der Waals surface area contributed by atoms with Crippen molar-refractivity contribution < 1.29 is 27.6 Å². The second-order valence-corrected chi connectivity index (χ2v) is 10.9. The molecule has 0 saturated carbocycles. The van der Waals surface area contributed by atoms with Gasteiger partial charge < -0.3 is 9.67 Å². The highest BCUT2D eigenvalue weighted by molar-refractivity contribution is 7.89. The van der Waals surface area contributed by atoms with E-state index in [1.165, 1.54) is 40.7 Å². The summed E-state index contributed by atoms with van der Waals surface area (Å²) in [5, 5.41) is 21.4. The number of nitro benzene ring substituents is 1. The number of hydrogen-bond donors (Lipinski definition) is 1. The van der Waals surface area contributed by atoms with Crippen LogP contribution in [-0.4, -0.2) is 45.9 Å². The summed E-state index contributed by atoms with van der Waals surface area (Å²) in [6, 6.07) is 7.86. The standard InChI is InChI=1S/C25H28FN3O6S/c1-3-13-27(36(34,35)19-9-6-17(7-10-19)29(32)33)18-8-12-24-21(15-18)20-14-16(26)5-11-23(20)28(24)22(4-2)25(30)31/h5-7,9-11,14,18,22H,3-4,8,12-13,15H2,1-2H3,(H,30,31)/t18-,22?/m0/s1. The first-order valence-corrected chi connectivity index (χ1v) is 13.3. The molecule has 0 radical (unpaired) electrons. The number of rotatable bonds is 9. The van der Waals surface area contributed by atoms with E-state index in [2.05, 4.69) is 0 Å². The maximum Gasteiger partial charge on any atom is 0.326 e. The van der Waals surface area contributed by atoms with Crippen LogP contribution in [0.25, 0.3) is 10.9 Å². The van der Waals surface area contributed by atoms with Crippen LogP contribution in [0.1, 0.15) is 50.4 Å². The van der Waals surface area contributed by atoms with Gasteiger partial charge in [-0.3, -0.25) is 10.1 Å². The molecular weight excluding hydrogens is 489 g/mol. The maximum absolute atomic E-state index is 14.3. The van der Waals surface area contributed by atoms with Crippen molar-refractivity contribution >= 4 is 32.6 Å². The minimum absolute atomic E-state index is 0.0299. The van der Waals surface area contributed by atoms with Crippen LogP contribution in [-0.2, 0) is 27.7 Å². The molecule has 3 aromatic rings. The third kappa shape index (κ3) is 4.48. The van der Waals surface area contributed by atoms with Gasteiger partial charge in [-0.15, -0.1) is 0 Å². The van der Waals surface area contributed by atoms with E-state index in [0.29, 0.717) is 43.0 Å². The average molecular weight is 518 g/mol. The summed E-state index contributed by atoms with van der Waals surface area (Å²) in [6.45, 7) is 3.90. The van der Waals surface area contributed by atoms with Crippen LogP contribution in [0, 0.1) is 15.9 Å². The number of nitrogens with zero attached hydrogens (tertiary/aromatic N) is 3. The van der Waals surface area contributed by atoms with Gasteiger partial charge in [0.2, 0.25) is 10.0 Å². The monoisotopic (exact) mass is 517 g/mol. The number of carboxylic acid groups (broad SMARTS) is 1. The van der Waals surface area contributed by atoms with Gasteiger partial charge in [-0.1, -0.05) is 13.8 Å². The minimum Gasteiger partial charge on any atom is -0.480 e. The first-order chi connectivity index (χ1) is 17.1. The molecule has 1 aromatic heterocycles. The Morgan fingerprint density at radius 1 is 1.25 bits per heavy atom. The lowest BCUT2D eigenvalue weighted by atomic mass is 9.91. The average Bonchev–Trinajstić information content (AvgIpc) is 3.15. The molecule has 0 aliphatic heterocycles. The van der Waals surface area contributed by atoms with Crippen LogP contribution < -0.4 is 0 Å². The number of non-ortho nitro benzene ring substituents is 1. The quantitative estimate of drug-likeness (QED) is 0.325. The van der Waals surface area contributed by atoms with Crippen molar-refractivity contribution in [2.75, 3.05) is 6.54 Å². The van der Waals surface area contributed by atoms with Gasteiger partial charge in [-0.05, 0) is 68.0 Å². The Morgan fingerprint density at radius 3 is 2.53 bits per heavy atom. The Bertz CT molecular complexity index is 1420. The number of nitro groups is 1. The molecule has 11 heteroatoms. The van der Waals surface area contributed by atoms with E-state index in [1.807, 2.05) is 6.92 Å². The van der Waals surface area contributed by atoms with Crippen LogP contribution in [0.4, 0.5) is 10.1 Å². The SMILES string of the molecule is CCCN([C@H]1CCc2c(c3cc(F)ccc3n2C(CC)C(=O)O)C1)S(=O)(=O)c1ccc([N+](=O)[O-])cc1. The number of hydrogen-bond acceptors (Lipinski definition) is 5. The van der Waals surface area contributed by atoms with Gasteiger partial charge in [0.05, 0.1) is 9.82 Å². The summed E-state index contributed by atoms with van der Waals surface area (Å²) in [5.41, 5.74) is 1.99. The molecule has 1 aliphatic rings. The molecule has 36 heavy (non-hydrogen) atoms. The van der Waals surface area contributed by atoms with E-state index in [1.54, 1.807) is 17.6 Å². The summed E-state index contributed by atoms with van der Waals surface area (Å²) >= 11 is 0. The molecular formula is C25H28FN3O6S. The molecule has 1 unspecified atom stereocenters. The predicted octanol–water partition coefficient (Wildman–Crippen LogP) is 4.68. The highest BCUT2D eigenvalue weighted by Crippen LogP contribution is 2.38. The van der Waals surface area contributed by atoms with Gasteiger partial charge in [0.15, 0.2) is 0 Å². The molecule has 1 heterocycles. The lowest BCUT2D eigenvalue weighted by molar-refractivity contribution is -0.384. The van der Waals surface area contributed by atoms with Crippen molar-refractivity contribution in [3.63, 3.8) is 0 Å². The third-order valence-corrected chi connectivity index (χ3v) is 8.79. The van der Waals surface area contributed by atoms with Gasteiger partial charge >= 0.3 is 5.97 Å². The molecule has 2 atom stereocenters. The Labute approximate surface area is 208 Å². The third-order valence-electron chi connectivity index (χ3n) is 6.83. The Hall–Kier alpha value is -3.31. The zero-order valence-electron chi connectivity index (χ0n) is 20.1.